The molecule has 144 valence electrons. The van der Waals surface area contributed by atoms with Crippen LogP contribution in [0.1, 0.15) is 6.92 Å². The maximum absolute atomic E-state index is 12.7. The van der Waals surface area contributed by atoms with Gasteiger partial charge in [-0.25, -0.2) is 13.4 Å². The van der Waals surface area contributed by atoms with Crippen LogP contribution >= 0.6 is 11.3 Å². The Labute approximate surface area is 164 Å². The fraction of sp³-hybridized carbons (Fsp3) is 0.176. The summed E-state index contributed by atoms with van der Waals surface area (Å²) in [4.78, 5) is 29.9. The number of amides is 2. The van der Waals surface area contributed by atoms with E-state index in [0.717, 1.165) is 4.70 Å². The van der Waals surface area contributed by atoms with E-state index in [0.29, 0.717) is 16.3 Å². The first-order chi connectivity index (χ1) is 13.3. The lowest BCUT2D eigenvalue weighted by Crippen LogP contribution is -2.40. The number of anilines is 2. The second-order valence-corrected chi connectivity index (χ2v) is 8.94. The third kappa shape index (κ3) is 3.66. The number of nitrogens with zero attached hydrogens (tertiary/aromatic N) is 3. The highest BCUT2D eigenvalue weighted by atomic mass is 32.2. The van der Waals surface area contributed by atoms with E-state index in [9.17, 15) is 18.0 Å². The third-order valence-electron chi connectivity index (χ3n) is 4.03. The quantitative estimate of drug-likeness (QED) is 0.784. The summed E-state index contributed by atoms with van der Waals surface area (Å²) in [6.07, 6.45) is 4.88. The van der Waals surface area contributed by atoms with E-state index < -0.39 is 15.9 Å². The molecule has 0 aliphatic carbocycles. The lowest BCUT2D eigenvalue weighted by atomic mass is 10.1. The molecule has 2 aromatic rings. The van der Waals surface area contributed by atoms with Crippen LogP contribution in [0.3, 0.4) is 0 Å². The van der Waals surface area contributed by atoms with Gasteiger partial charge >= 0.3 is 0 Å². The monoisotopic (exact) mass is 417 g/mol. The second-order valence-electron chi connectivity index (χ2n) is 6.15. The molecule has 28 heavy (non-hydrogen) atoms. The van der Waals surface area contributed by atoms with E-state index in [1.165, 1.54) is 24.3 Å². The topological polar surface area (TPSA) is 121 Å². The number of nitrogens with one attached hydrogen (secondary N) is 2. The van der Waals surface area contributed by atoms with Gasteiger partial charge in [-0.15, -0.1) is 4.40 Å². The number of carbonyl (C=O) groups is 2. The Kier molecular flexibility index (Phi) is 4.47. The molecule has 1 aromatic carbocycles. The third-order valence-corrected chi connectivity index (χ3v) is 6.11. The fourth-order valence-corrected chi connectivity index (χ4v) is 4.70. The SMILES string of the molecule is CC(=O)Nc1ccc2nc(NC(=O)C3=CC=CN4CCS(=O)(=O)N=C34)sc2c1. The fourth-order valence-electron chi connectivity index (χ4n) is 2.82. The lowest BCUT2D eigenvalue weighted by molar-refractivity contribution is -0.114. The normalized spacial score (nSPS) is 17.5. The Balaban J connectivity index is 1.59. The molecule has 2 amide bonds. The first-order valence-corrected chi connectivity index (χ1v) is 10.7. The lowest BCUT2D eigenvalue weighted by Gasteiger charge is -2.28. The summed E-state index contributed by atoms with van der Waals surface area (Å²) in [5, 5.41) is 5.76. The number of benzene rings is 1. The molecule has 0 atom stereocenters. The molecular formula is C17H15N5O4S2. The molecule has 0 saturated heterocycles. The summed E-state index contributed by atoms with van der Waals surface area (Å²) in [5.41, 5.74) is 1.47. The van der Waals surface area contributed by atoms with E-state index in [1.807, 2.05) is 0 Å². The van der Waals surface area contributed by atoms with Crippen molar-refractivity contribution >= 4 is 60.0 Å². The van der Waals surface area contributed by atoms with Gasteiger partial charge in [-0.3, -0.25) is 14.9 Å². The molecule has 2 aliphatic rings. The highest BCUT2D eigenvalue weighted by Gasteiger charge is 2.30. The summed E-state index contributed by atoms with van der Waals surface area (Å²) in [6, 6.07) is 5.24. The Bertz CT molecular complexity index is 1190. The summed E-state index contributed by atoms with van der Waals surface area (Å²) < 4.78 is 28.2. The number of aromatic nitrogens is 1. The van der Waals surface area contributed by atoms with Crippen molar-refractivity contribution in [3.63, 3.8) is 0 Å². The van der Waals surface area contributed by atoms with Crippen LogP contribution in [0.2, 0.25) is 0 Å². The number of allylic oxidation sites excluding steroid dienone is 2. The largest absolute Gasteiger partial charge is 0.331 e. The van der Waals surface area contributed by atoms with Gasteiger partial charge in [0.05, 0.1) is 21.5 Å². The zero-order valence-corrected chi connectivity index (χ0v) is 16.3. The molecule has 9 nitrogen and oxygen atoms in total. The van der Waals surface area contributed by atoms with Crippen LogP contribution < -0.4 is 10.6 Å². The minimum absolute atomic E-state index is 0.0930. The average Bonchev–Trinajstić information content (AvgIpc) is 3.01. The molecule has 0 unspecified atom stereocenters. The highest BCUT2D eigenvalue weighted by molar-refractivity contribution is 7.90. The minimum atomic E-state index is -3.58. The summed E-state index contributed by atoms with van der Waals surface area (Å²) >= 11 is 1.25. The minimum Gasteiger partial charge on any atom is -0.331 e. The molecule has 0 saturated carbocycles. The number of thiazole rings is 1. The van der Waals surface area contributed by atoms with Crippen molar-refractivity contribution in [2.75, 3.05) is 22.9 Å². The molecule has 3 heterocycles. The van der Waals surface area contributed by atoms with Crippen LogP contribution in [0.15, 0.2) is 46.5 Å². The second kappa shape index (κ2) is 6.84. The van der Waals surface area contributed by atoms with Crippen LogP contribution in [0.5, 0.6) is 0 Å². The van der Waals surface area contributed by atoms with Gasteiger partial charge in [0.2, 0.25) is 5.91 Å². The van der Waals surface area contributed by atoms with Gasteiger partial charge in [-0.1, -0.05) is 11.3 Å². The van der Waals surface area contributed by atoms with E-state index in [2.05, 4.69) is 20.0 Å². The van der Waals surface area contributed by atoms with E-state index in [-0.39, 0.29) is 29.6 Å². The van der Waals surface area contributed by atoms with Crippen molar-refractivity contribution in [3.05, 3.63) is 42.1 Å². The number of hydrogen-bond donors (Lipinski definition) is 2. The Hall–Kier alpha value is -3.05. The van der Waals surface area contributed by atoms with Gasteiger partial charge in [0.1, 0.15) is 0 Å². The molecule has 0 radical (unpaired) electrons. The van der Waals surface area contributed by atoms with Crippen LogP contribution in [-0.2, 0) is 19.6 Å². The molecular weight excluding hydrogens is 402 g/mol. The van der Waals surface area contributed by atoms with E-state index in [1.54, 1.807) is 35.4 Å². The Morgan fingerprint density at radius 1 is 1.25 bits per heavy atom. The molecule has 0 fully saturated rings. The van der Waals surface area contributed by atoms with Gasteiger partial charge in [-0.2, -0.15) is 0 Å². The molecule has 4 rings (SSSR count). The number of amidine groups is 1. The average molecular weight is 417 g/mol. The number of sulfonamides is 1. The standard InChI is InChI=1S/C17H15N5O4S2/c1-10(23)18-11-4-5-13-14(9-11)27-17(19-13)20-16(24)12-3-2-6-22-7-8-28(25,26)21-15(12)22/h2-6,9H,7-8H2,1H3,(H,18,23)(H,19,20,24). The van der Waals surface area contributed by atoms with Gasteiger partial charge in [0.25, 0.3) is 15.9 Å². The first kappa shape index (κ1) is 18.3. The van der Waals surface area contributed by atoms with Crippen LogP contribution in [-0.4, -0.2) is 48.2 Å². The number of hydrogen-bond acceptors (Lipinski definition) is 7. The van der Waals surface area contributed by atoms with Crippen molar-refractivity contribution in [2.45, 2.75) is 6.92 Å². The predicted molar refractivity (Wildman–Crippen MR) is 108 cm³/mol. The predicted octanol–water partition coefficient (Wildman–Crippen LogP) is 1.69. The zero-order chi connectivity index (χ0) is 19.9. The molecule has 2 N–H and O–H groups in total. The van der Waals surface area contributed by atoms with Crippen molar-refractivity contribution < 1.29 is 18.0 Å². The molecule has 0 spiro atoms. The number of rotatable bonds is 3. The molecule has 2 aliphatic heterocycles. The maximum Gasteiger partial charge on any atom is 0.261 e. The molecule has 1 aromatic heterocycles. The van der Waals surface area contributed by atoms with Gasteiger partial charge in [0.15, 0.2) is 11.0 Å². The molecule has 11 heteroatoms. The summed E-state index contributed by atoms with van der Waals surface area (Å²) in [6.45, 7) is 1.67. The van der Waals surface area contributed by atoms with Crippen LogP contribution in [0.4, 0.5) is 10.8 Å². The summed E-state index contributed by atoms with van der Waals surface area (Å²) in [5.74, 6) is -0.654. The van der Waals surface area contributed by atoms with E-state index >= 15 is 0 Å². The van der Waals surface area contributed by atoms with Gasteiger partial charge in [0, 0.05) is 25.4 Å². The summed E-state index contributed by atoms with van der Waals surface area (Å²) in [7, 11) is -3.58. The maximum atomic E-state index is 12.7. The van der Waals surface area contributed by atoms with Crippen molar-refractivity contribution in [1.82, 2.24) is 9.88 Å². The first-order valence-electron chi connectivity index (χ1n) is 8.28. The van der Waals surface area contributed by atoms with Crippen molar-refractivity contribution in [1.29, 1.82) is 0 Å². The Morgan fingerprint density at radius 3 is 2.86 bits per heavy atom. The van der Waals surface area contributed by atoms with Crippen LogP contribution in [0, 0.1) is 0 Å². The number of carbonyl (C=O) groups excluding carboxylic acids is 2. The van der Waals surface area contributed by atoms with Crippen molar-refractivity contribution in [2.24, 2.45) is 4.40 Å². The van der Waals surface area contributed by atoms with Crippen molar-refractivity contribution in [3.8, 4) is 0 Å². The Morgan fingerprint density at radius 2 is 2.07 bits per heavy atom. The highest BCUT2D eigenvalue weighted by Crippen LogP contribution is 2.29. The van der Waals surface area contributed by atoms with Gasteiger partial charge in [-0.05, 0) is 30.4 Å². The van der Waals surface area contributed by atoms with Crippen LogP contribution in [0.25, 0.3) is 10.2 Å². The zero-order valence-electron chi connectivity index (χ0n) is 14.7. The van der Waals surface area contributed by atoms with E-state index in [4.69, 9.17) is 0 Å². The molecule has 0 bridgehead atoms. The smallest absolute Gasteiger partial charge is 0.261 e. The number of fused-ring (bicyclic) bond motifs is 2. The van der Waals surface area contributed by atoms with Gasteiger partial charge < -0.3 is 10.2 Å².